The third-order valence-electron chi connectivity index (χ3n) is 3.80. The average Bonchev–Trinajstić information content (AvgIpc) is 2.97. The van der Waals surface area contributed by atoms with Gasteiger partial charge in [-0.1, -0.05) is 12.1 Å². The lowest BCUT2D eigenvalue weighted by molar-refractivity contribution is 0.602. The maximum Gasteiger partial charge on any atom is 0.191 e. The molecule has 8 heteroatoms. The van der Waals surface area contributed by atoms with Crippen molar-refractivity contribution in [1.29, 1.82) is 0 Å². The van der Waals surface area contributed by atoms with E-state index in [0.29, 0.717) is 11.4 Å². The highest BCUT2D eigenvalue weighted by atomic mass is 127. The van der Waals surface area contributed by atoms with E-state index in [1.807, 2.05) is 18.3 Å². The van der Waals surface area contributed by atoms with Crippen molar-refractivity contribution in [2.45, 2.75) is 44.7 Å². The highest BCUT2D eigenvalue weighted by Crippen LogP contribution is 2.16. The van der Waals surface area contributed by atoms with Gasteiger partial charge in [0.05, 0.1) is 11.4 Å². The molecule has 1 aromatic heterocycles. The Labute approximate surface area is 183 Å². The molecule has 0 aliphatic rings. The second kappa shape index (κ2) is 11.0. The van der Waals surface area contributed by atoms with Crippen LogP contribution >= 0.6 is 35.3 Å². The highest BCUT2D eigenvalue weighted by molar-refractivity contribution is 14.0. The zero-order valence-corrected chi connectivity index (χ0v) is 20.1. The van der Waals surface area contributed by atoms with E-state index in [4.69, 9.17) is 0 Å². The van der Waals surface area contributed by atoms with Crippen molar-refractivity contribution in [1.82, 2.24) is 10.6 Å². The van der Waals surface area contributed by atoms with Gasteiger partial charge in [0.15, 0.2) is 15.8 Å². The Kier molecular flexibility index (Phi) is 9.75. The van der Waals surface area contributed by atoms with E-state index in [9.17, 15) is 8.42 Å². The quantitative estimate of drug-likeness (QED) is 0.331. The van der Waals surface area contributed by atoms with Crippen LogP contribution in [0.1, 0.15) is 29.2 Å². The number of hydrogen-bond acceptors (Lipinski definition) is 4. The van der Waals surface area contributed by atoms with Gasteiger partial charge in [0.1, 0.15) is 0 Å². The maximum absolute atomic E-state index is 11.5. The molecule has 0 aliphatic heterocycles. The first-order chi connectivity index (χ1) is 12.3. The number of nitrogens with zero attached hydrogens (tertiary/aromatic N) is 1. The van der Waals surface area contributed by atoms with Gasteiger partial charge in [0.2, 0.25) is 0 Å². The van der Waals surface area contributed by atoms with Crippen molar-refractivity contribution < 1.29 is 8.42 Å². The van der Waals surface area contributed by atoms with Crippen molar-refractivity contribution in [3.05, 3.63) is 51.7 Å². The normalized spacial score (nSPS) is 13.0. The van der Waals surface area contributed by atoms with Crippen molar-refractivity contribution in [3.63, 3.8) is 0 Å². The Morgan fingerprint density at radius 2 is 1.85 bits per heavy atom. The van der Waals surface area contributed by atoms with Crippen molar-refractivity contribution >= 4 is 51.1 Å². The summed E-state index contributed by atoms with van der Waals surface area (Å²) in [6, 6.07) is 11.4. The fourth-order valence-electron chi connectivity index (χ4n) is 2.51. The van der Waals surface area contributed by atoms with Gasteiger partial charge in [-0.3, -0.25) is 0 Å². The molecule has 0 spiro atoms. The van der Waals surface area contributed by atoms with Crippen LogP contribution in [0.25, 0.3) is 0 Å². The average molecular weight is 521 g/mol. The summed E-state index contributed by atoms with van der Waals surface area (Å²) in [7, 11) is -3.16. The van der Waals surface area contributed by atoms with Gasteiger partial charge >= 0.3 is 0 Å². The number of rotatable bonds is 7. The molecule has 0 bridgehead atoms. The minimum atomic E-state index is -3.16. The van der Waals surface area contributed by atoms with Crippen LogP contribution in [0, 0.1) is 6.92 Å². The number of aryl methyl sites for hydroxylation is 1. The fourth-order valence-corrected chi connectivity index (χ4v) is 4.16. The molecule has 0 radical (unpaired) electrons. The number of hydrogen-bond donors (Lipinski definition) is 2. The van der Waals surface area contributed by atoms with Crippen molar-refractivity contribution in [2.75, 3.05) is 12.8 Å². The van der Waals surface area contributed by atoms with Gasteiger partial charge in [-0.25, -0.2) is 13.4 Å². The van der Waals surface area contributed by atoms with Gasteiger partial charge in [-0.2, -0.15) is 0 Å². The van der Waals surface area contributed by atoms with Crippen LogP contribution in [0.4, 0.5) is 0 Å². The summed E-state index contributed by atoms with van der Waals surface area (Å²) in [6.45, 7) is 7.56. The largest absolute Gasteiger partial charge is 0.357 e. The molecule has 150 valence electrons. The summed E-state index contributed by atoms with van der Waals surface area (Å²) >= 11 is 1.82. The predicted octanol–water partition coefficient (Wildman–Crippen LogP) is 3.76. The van der Waals surface area contributed by atoms with E-state index in [0.717, 1.165) is 24.5 Å². The summed E-state index contributed by atoms with van der Waals surface area (Å²) in [5, 5.41) is 6.69. The van der Waals surface area contributed by atoms with Gasteiger partial charge in [0.25, 0.3) is 0 Å². The van der Waals surface area contributed by atoms with E-state index in [1.54, 1.807) is 24.3 Å². The van der Waals surface area contributed by atoms with Crippen LogP contribution in [0.5, 0.6) is 0 Å². The number of benzene rings is 1. The smallest absolute Gasteiger partial charge is 0.191 e. The molecule has 0 saturated carbocycles. The Morgan fingerprint density at radius 3 is 2.37 bits per heavy atom. The number of nitrogens with one attached hydrogen (secondary N) is 2. The first-order valence-corrected chi connectivity index (χ1v) is 11.4. The number of aliphatic imine (C=N–C) groups is 1. The van der Waals surface area contributed by atoms with E-state index >= 15 is 0 Å². The Bertz CT molecular complexity index is 846. The minimum absolute atomic E-state index is 0. The van der Waals surface area contributed by atoms with Crippen LogP contribution in [-0.2, 0) is 22.8 Å². The van der Waals surface area contributed by atoms with E-state index in [-0.39, 0.29) is 30.0 Å². The maximum atomic E-state index is 11.5. The second-order valence-electron chi connectivity index (χ2n) is 6.37. The Hall–Kier alpha value is -1.13. The third-order valence-corrected chi connectivity index (χ3v) is 5.95. The molecular weight excluding hydrogens is 493 g/mol. The highest BCUT2D eigenvalue weighted by Gasteiger charge is 2.09. The van der Waals surface area contributed by atoms with E-state index in [2.05, 4.69) is 41.6 Å². The first kappa shape index (κ1) is 23.9. The van der Waals surface area contributed by atoms with Crippen LogP contribution in [0.15, 0.2) is 46.3 Å². The molecule has 5 nitrogen and oxygen atoms in total. The first-order valence-electron chi connectivity index (χ1n) is 8.67. The van der Waals surface area contributed by atoms with Gasteiger partial charge < -0.3 is 10.6 Å². The SMILES string of the molecule is CCNC(=NCc1ccc(S(C)(=O)=O)cc1)NC(C)Cc1ccc(C)s1.I. The molecule has 0 aliphatic carbocycles. The molecule has 1 atom stereocenters. The lowest BCUT2D eigenvalue weighted by Gasteiger charge is -2.17. The zero-order valence-electron chi connectivity index (χ0n) is 16.2. The predicted molar refractivity (Wildman–Crippen MR) is 125 cm³/mol. The van der Waals surface area contributed by atoms with Crippen LogP contribution < -0.4 is 10.6 Å². The van der Waals surface area contributed by atoms with Gasteiger partial charge in [-0.15, -0.1) is 35.3 Å². The molecule has 0 fully saturated rings. The standard InChI is InChI=1S/C19H27N3O2S2.HI/c1-5-20-19(22-14(2)12-17-9-6-15(3)25-17)21-13-16-7-10-18(11-8-16)26(4,23)24;/h6-11,14H,5,12-13H2,1-4H3,(H2,20,21,22);1H. The van der Waals surface area contributed by atoms with E-state index < -0.39 is 9.84 Å². The number of thiophene rings is 1. The molecule has 1 aromatic carbocycles. The van der Waals surface area contributed by atoms with Crippen molar-refractivity contribution in [3.8, 4) is 0 Å². The number of halogens is 1. The minimum Gasteiger partial charge on any atom is -0.357 e. The van der Waals surface area contributed by atoms with Crippen molar-refractivity contribution in [2.24, 2.45) is 4.99 Å². The molecule has 1 heterocycles. The molecule has 2 aromatic rings. The Morgan fingerprint density at radius 1 is 1.19 bits per heavy atom. The van der Waals surface area contributed by atoms with Gasteiger partial charge in [0, 0.05) is 35.0 Å². The summed E-state index contributed by atoms with van der Waals surface area (Å²) in [4.78, 5) is 7.62. The molecule has 2 N–H and O–H groups in total. The summed E-state index contributed by atoms with van der Waals surface area (Å²) in [6.07, 6.45) is 2.16. The number of guanidine groups is 1. The molecule has 2 rings (SSSR count). The second-order valence-corrected chi connectivity index (χ2v) is 9.76. The topological polar surface area (TPSA) is 70.6 Å². The summed E-state index contributed by atoms with van der Waals surface area (Å²) < 4.78 is 23.0. The summed E-state index contributed by atoms with van der Waals surface area (Å²) in [5.74, 6) is 0.764. The molecule has 0 saturated heterocycles. The van der Waals surface area contributed by atoms with E-state index in [1.165, 1.54) is 16.0 Å². The molecule has 27 heavy (non-hydrogen) atoms. The van der Waals surface area contributed by atoms with Crippen LogP contribution in [0.2, 0.25) is 0 Å². The number of sulfone groups is 1. The molecule has 1 unspecified atom stereocenters. The Balaban J connectivity index is 0.00000364. The van der Waals surface area contributed by atoms with Crippen LogP contribution in [0.3, 0.4) is 0 Å². The summed E-state index contributed by atoms with van der Waals surface area (Å²) in [5.41, 5.74) is 0.969. The zero-order chi connectivity index (χ0) is 19.2. The van der Waals surface area contributed by atoms with Gasteiger partial charge in [-0.05, 0) is 50.6 Å². The molecule has 0 amide bonds. The van der Waals surface area contributed by atoms with Crippen LogP contribution in [-0.4, -0.2) is 33.2 Å². The lowest BCUT2D eigenvalue weighted by Crippen LogP contribution is -2.43. The monoisotopic (exact) mass is 521 g/mol. The molecular formula is C19H28IN3O2S2. The third kappa shape index (κ3) is 8.18. The fraction of sp³-hybridized carbons (Fsp3) is 0.421. The lowest BCUT2D eigenvalue weighted by atomic mass is 10.2.